The number of hydrogen-bond acceptors (Lipinski definition) is 2. The molecule has 0 radical (unpaired) electrons. The molecule has 3 heteroatoms. The van der Waals surface area contributed by atoms with Crippen molar-refractivity contribution in [2.45, 2.75) is 59.9 Å². The van der Waals surface area contributed by atoms with Crippen molar-refractivity contribution in [3.05, 3.63) is 0 Å². The normalized spacial score (nSPS) is 12.8. The molecule has 1 unspecified atom stereocenters. The maximum Gasteiger partial charge on any atom is 0.239 e. The Morgan fingerprint density at radius 3 is 2.18 bits per heavy atom. The number of nitrogens with one attached hydrogen (secondary N) is 1. The number of likely N-dealkylation sites (N-methyl/N-ethyl adjacent to an activating group) is 1. The Balaban J connectivity index is 3.70. The molecule has 0 aromatic carbocycles. The quantitative estimate of drug-likeness (QED) is 0.630. The largest absolute Gasteiger partial charge is 0.342 e. The summed E-state index contributed by atoms with van der Waals surface area (Å²) < 4.78 is 0. The van der Waals surface area contributed by atoms with Gasteiger partial charge in [-0.1, -0.05) is 26.7 Å². The first kappa shape index (κ1) is 16.4. The van der Waals surface area contributed by atoms with Crippen molar-refractivity contribution < 1.29 is 4.79 Å². The number of rotatable bonds is 9. The molecule has 0 bridgehead atoms. The maximum absolute atomic E-state index is 11.9. The molecule has 0 aromatic heterocycles. The van der Waals surface area contributed by atoms with E-state index in [1.807, 2.05) is 25.7 Å². The van der Waals surface area contributed by atoms with Crippen molar-refractivity contribution in [2.24, 2.45) is 5.92 Å². The van der Waals surface area contributed by atoms with E-state index in [-0.39, 0.29) is 11.9 Å². The molecule has 0 spiro atoms. The summed E-state index contributed by atoms with van der Waals surface area (Å²) in [7, 11) is 0. The zero-order valence-electron chi connectivity index (χ0n) is 12.3. The Kier molecular flexibility index (Phi) is 9.14. The van der Waals surface area contributed by atoms with E-state index in [0.717, 1.165) is 32.0 Å². The molecule has 0 aromatic rings. The molecule has 17 heavy (non-hydrogen) atoms. The molecule has 0 fully saturated rings. The summed E-state index contributed by atoms with van der Waals surface area (Å²) in [5, 5.41) is 3.31. The summed E-state index contributed by atoms with van der Waals surface area (Å²) in [4.78, 5) is 13.8. The fourth-order valence-electron chi connectivity index (χ4n) is 1.89. The first-order valence-corrected chi connectivity index (χ1v) is 7.05. The number of unbranched alkanes of at least 4 members (excludes halogenated alkanes) is 1. The molecule has 0 saturated carbocycles. The minimum Gasteiger partial charge on any atom is -0.342 e. The van der Waals surface area contributed by atoms with Crippen molar-refractivity contribution in [1.29, 1.82) is 0 Å². The van der Waals surface area contributed by atoms with Gasteiger partial charge in [-0.25, -0.2) is 0 Å². The second-order valence-electron chi connectivity index (χ2n) is 5.08. The molecule has 0 saturated heterocycles. The summed E-state index contributed by atoms with van der Waals surface area (Å²) in [6, 6.07) is -0.0473. The Hall–Kier alpha value is -0.570. The average molecular weight is 242 g/mol. The zero-order valence-corrected chi connectivity index (χ0v) is 12.3. The third-order valence-corrected chi connectivity index (χ3v) is 3.10. The molecule has 1 amide bonds. The second kappa shape index (κ2) is 9.46. The van der Waals surface area contributed by atoms with E-state index in [2.05, 4.69) is 19.2 Å². The average Bonchev–Trinajstić information content (AvgIpc) is 2.29. The lowest BCUT2D eigenvalue weighted by Crippen LogP contribution is -2.45. The van der Waals surface area contributed by atoms with Crippen LogP contribution >= 0.6 is 0 Å². The van der Waals surface area contributed by atoms with Gasteiger partial charge in [-0.3, -0.25) is 4.79 Å². The van der Waals surface area contributed by atoms with Gasteiger partial charge in [-0.15, -0.1) is 0 Å². The highest BCUT2D eigenvalue weighted by Crippen LogP contribution is 2.05. The van der Waals surface area contributed by atoms with Crippen molar-refractivity contribution in [3.8, 4) is 0 Å². The number of carbonyl (C=O) groups excluding carboxylic acids is 1. The fraction of sp³-hybridized carbons (Fsp3) is 0.929. The highest BCUT2D eigenvalue weighted by molar-refractivity contribution is 5.81. The molecule has 0 heterocycles. The van der Waals surface area contributed by atoms with Crippen LogP contribution in [0.4, 0.5) is 0 Å². The van der Waals surface area contributed by atoms with Crippen LogP contribution in [-0.2, 0) is 4.79 Å². The molecule has 3 nitrogen and oxygen atoms in total. The third-order valence-electron chi connectivity index (χ3n) is 3.10. The van der Waals surface area contributed by atoms with Crippen LogP contribution in [0, 0.1) is 5.92 Å². The Morgan fingerprint density at radius 1 is 1.12 bits per heavy atom. The van der Waals surface area contributed by atoms with Crippen molar-refractivity contribution in [3.63, 3.8) is 0 Å². The first-order chi connectivity index (χ1) is 8.02. The predicted molar refractivity (Wildman–Crippen MR) is 74.1 cm³/mol. The molecule has 0 aliphatic rings. The lowest BCUT2D eigenvalue weighted by atomic mass is 10.1. The van der Waals surface area contributed by atoms with Crippen LogP contribution in [0.1, 0.15) is 53.9 Å². The molecule has 0 rings (SSSR count). The third kappa shape index (κ3) is 7.37. The molecule has 102 valence electrons. The Morgan fingerprint density at radius 2 is 1.71 bits per heavy atom. The lowest BCUT2D eigenvalue weighted by molar-refractivity contribution is -0.132. The molecule has 1 N–H and O–H groups in total. The monoisotopic (exact) mass is 242 g/mol. The highest BCUT2D eigenvalue weighted by Gasteiger charge is 2.16. The van der Waals surface area contributed by atoms with Crippen molar-refractivity contribution >= 4 is 5.91 Å². The van der Waals surface area contributed by atoms with E-state index in [1.54, 1.807) is 0 Å². The van der Waals surface area contributed by atoms with Crippen LogP contribution in [0.5, 0.6) is 0 Å². The van der Waals surface area contributed by atoms with Crippen molar-refractivity contribution in [2.75, 3.05) is 19.6 Å². The number of amides is 1. The van der Waals surface area contributed by atoms with Crippen LogP contribution in [0.15, 0.2) is 0 Å². The van der Waals surface area contributed by atoms with E-state index in [4.69, 9.17) is 0 Å². The van der Waals surface area contributed by atoms with Gasteiger partial charge >= 0.3 is 0 Å². The van der Waals surface area contributed by atoms with Crippen LogP contribution in [0.25, 0.3) is 0 Å². The highest BCUT2D eigenvalue weighted by atomic mass is 16.2. The van der Waals surface area contributed by atoms with Gasteiger partial charge in [0.05, 0.1) is 6.04 Å². The summed E-state index contributed by atoms with van der Waals surface area (Å²) in [5.41, 5.74) is 0. The summed E-state index contributed by atoms with van der Waals surface area (Å²) in [6.45, 7) is 13.1. The lowest BCUT2D eigenvalue weighted by Gasteiger charge is -2.23. The minimum absolute atomic E-state index is 0.0473. The topological polar surface area (TPSA) is 32.3 Å². The van der Waals surface area contributed by atoms with E-state index < -0.39 is 0 Å². The predicted octanol–water partition coefficient (Wildman–Crippen LogP) is 2.66. The van der Waals surface area contributed by atoms with Gasteiger partial charge in [-0.2, -0.15) is 0 Å². The van der Waals surface area contributed by atoms with E-state index in [0.29, 0.717) is 0 Å². The smallest absolute Gasteiger partial charge is 0.239 e. The molecule has 0 aliphatic carbocycles. The Labute approximate surface area is 107 Å². The van der Waals surface area contributed by atoms with Crippen LogP contribution in [-0.4, -0.2) is 36.5 Å². The summed E-state index contributed by atoms with van der Waals surface area (Å²) in [5.74, 6) is 1.00. The van der Waals surface area contributed by atoms with Gasteiger partial charge in [0, 0.05) is 13.1 Å². The SMILES string of the molecule is CCN(CC)C(=O)C(C)NCCCCC(C)C. The van der Waals surface area contributed by atoms with E-state index in [1.165, 1.54) is 12.8 Å². The van der Waals surface area contributed by atoms with Crippen LogP contribution in [0.3, 0.4) is 0 Å². The number of hydrogen-bond donors (Lipinski definition) is 1. The molecular weight excluding hydrogens is 212 g/mol. The Bertz CT molecular complexity index is 200. The summed E-state index contributed by atoms with van der Waals surface area (Å²) >= 11 is 0. The first-order valence-electron chi connectivity index (χ1n) is 7.05. The van der Waals surface area contributed by atoms with Crippen molar-refractivity contribution in [1.82, 2.24) is 10.2 Å². The van der Waals surface area contributed by atoms with Crippen LogP contribution < -0.4 is 5.32 Å². The molecular formula is C14H30N2O. The number of nitrogens with zero attached hydrogens (tertiary/aromatic N) is 1. The van der Waals surface area contributed by atoms with E-state index >= 15 is 0 Å². The van der Waals surface area contributed by atoms with E-state index in [9.17, 15) is 4.79 Å². The van der Waals surface area contributed by atoms with Gasteiger partial charge in [0.1, 0.15) is 0 Å². The summed E-state index contributed by atoms with van der Waals surface area (Å²) in [6.07, 6.45) is 3.69. The van der Waals surface area contributed by atoms with Gasteiger partial charge in [0.15, 0.2) is 0 Å². The molecule has 0 aliphatic heterocycles. The van der Waals surface area contributed by atoms with Gasteiger partial charge in [0.2, 0.25) is 5.91 Å². The number of carbonyl (C=O) groups is 1. The minimum atomic E-state index is -0.0473. The van der Waals surface area contributed by atoms with Gasteiger partial charge < -0.3 is 10.2 Å². The second-order valence-corrected chi connectivity index (χ2v) is 5.08. The van der Waals surface area contributed by atoms with Crippen LogP contribution in [0.2, 0.25) is 0 Å². The maximum atomic E-state index is 11.9. The fourth-order valence-corrected chi connectivity index (χ4v) is 1.89. The molecule has 1 atom stereocenters. The standard InChI is InChI=1S/C14H30N2O/c1-6-16(7-2)14(17)13(5)15-11-9-8-10-12(3)4/h12-13,15H,6-11H2,1-5H3. The van der Waals surface area contributed by atoms with Gasteiger partial charge in [0.25, 0.3) is 0 Å². The zero-order chi connectivity index (χ0) is 13.3. The van der Waals surface area contributed by atoms with Gasteiger partial charge in [-0.05, 0) is 39.7 Å².